The van der Waals surface area contributed by atoms with Gasteiger partial charge >= 0.3 is 6.03 Å². The molecular formula is C24H24FN5O3. The van der Waals surface area contributed by atoms with Crippen LogP contribution in [0.3, 0.4) is 0 Å². The number of carbonyl (C=O) groups excluding carboxylic acids is 2. The van der Waals surface area contributed by atoms with E-state index in [9.17, 15) is 14.0 Å². The van der Waals surface area contributed by atoms with Gasteiger partial charge in [0.05, 0.1) is 5.41 Å². The van der Waals surface area contributed by atoms with Gasteiger partial charge in [-0.05, 0) is 43.7 Å². The Morgan fingerprint density at radius 2 is 1.82 bits per heavy atom. The van der Waals surface area contributed by atoms with E-state index in [1.165, 1.54) is 6.07 Å². The fourth-order valence-electron chi connectivity index (χ4n) is 4.81. The SMILES string of the molecule is Cc1noc([C@]23CN(C(=O)Nc4ccc(C)c(F)c4)C[C@H]2CN(C(=O)c2ccccc2)C3)n1. The van der Waals surface area contributed by atoms with Crippen molar-refractivity contribution >= 4 is 17.6 Å². The van der Waals surface area contributed by atoms with Crippen LogP contribution in [0.1, 0.15) is 27.6 Å². The summed E-state index contributed by atoms with van der Waals surface area (Å²) in [5.74, 6) is 0.435. The first-order valence-electron chi connectivity index (χ1n) is 10.8. The molecule has 0 radical (unpaired) electrons. The number of aryl methyl sites for hydroxylation is 2. The Morgan fingerprint density at radius 1 is 1.09 bits per heavy atom. The average Bonchev–Trinajstić information content (AvgIpc) is 3.49. The molecule has 0 bridgehead atoms. The first-order chi connectivity index (χ1) is 15.9. The second-order valence-corrected chi connectivity index (χ2v) is 8.83. The number of carbonyl (C=O) groups is 2. The lowest BCUT2D eigenvalue weighted by Crippen LogP contribution is -2.42. The highest BCUT2D eigenvalue weighted by atomic mass is 19.1. The zero-order valence-electron chi connectivity index (χ0n) is 18.4. The number of aromatic nitrogens is 2. The van der Waals surface area contributed by atoms with Crippen LogP contribution in [0, 0.1) is 25.6 Å². The third-order valence-corrected chi connectivity index (χ3v) is 6.58. The molecule has 0 saturated carbocycles. The fourth-order valence-corrected chi connectivity index (χ4v) is 4.81. The fraction of sp³-hybridized carbons (Fsp3) is 0.333. The molecule has 2 fully saturated rings. The molecule has 9 heteroatoms. The summed E-state index contributed by atoms with van der Waals surface area (Å²) in [6, 6.07) is 13.4. The third kappa shape index (κ3) is 3.73. The summed E-state index contributed by atoms with van der Waals surface area (Å²) in [5.41, 5.74) is 0.869. The number of hydrogen-bond acceptors (Lipinski definition) is 5. The van der Waals surface area contributed by atoms with Gasteiger partial charge in [0.1, 0.15) is 5.82 Å². The van der Waals surface area contributed by atoms with Gasteiger partial charge in [0, 0.05) is 43.3 Å². The normalized spacial score (nSPS) is 21.8. The van der Waals surface area contributed by atoms with Crippen LogP contribution in [0.4, 0.5) is 14.9 Å². The quantitative estimate of drug-likeness (QED) is 0.662. The van der Waals surface area contributed by atoms with E-state index in [-0.39, 0.29) is 23.7 Å². The van der Waals surface area contributed by atoms with Crippen molar-refractivity contribution < 1.29 is 18.5 Å². The van der Waals surface area contributed by atoms with Crippen LogP contribution in [0.5, 0.6) is 0 Å². The molecule has 1 N–H and O–H groups in total. The average molecular weight is 449 g/mol. The van der Waals surface area contributed by atoms with E-state index in [1.54, 1.807) is 47.9 Å². The highest BCUT2D eigenvalue weighted by Gasteiger charge is 2.58. The van der Waals surface area contributed by atoms with E-state index >= 15 is 0 Å². The molecule has 2 saturated heterocycles. The van der Waals surface area contributed by atoms with Gasteiger partial charge in [-0.25, -0.2) is 9.18 Å². The highest BCUT2D eigenvalue weighted by Crippen LogP contribution is 2.44. The number of halogens is 1. The van der Waals surface area contributed by atoms with Crippen molar-refractivity contribution in [1.29, 1.82) is 0 Å². The maximum Gasteiger partial charge on any atom is 0.321 e. The zero-order chi connectivity index (χ0) is 23.2. The van der Waals surface area contributed by atoms with E-state index in [4.69, 9.17) is 4.52 Å². The van der Waals surface area contributed by atoms with Gasteiger partial charge in [0.15, 0.2) is 5.82 Å². The molecule has 2 aliphatic rings. The van der Waals surface area contributed by atoms with E-state index in [0.29, 0.717) is 54.7 Å². The van der Waals surface area contributed by atoms with Gasteiger partial charge in [0.2, 0.25) is 5.89 Å². The molecule has 33 heavy (non-hydrogen) atoms. The van der Waals surface area contributed by atoms with Crippen LogP contribution in [-0.2, 0) is 5.41 Å². The van der Waals surface area contributed by atoms with Gasteiger partial charge in [-0.3, -0.25) is 4.79 Å². The number of anilines is 1. The number of rotatable bonds is 3. The number of nitrogens with zero attached hydrogens (tertiary/aromatic N) is 4. The summed E-state index contributed by atoms with van der Waals surface area (Å²) in [4.78, 5) is 34.0. The standard InChI is InChI=1S/C24H24FN5O3/c1-15-8-9-19(10-20(15)25)27-23(32)30-12-18-11-29(21(31)17-6-4-3-5-7-17)13-24(18,14-30)22-26-16(2)28-33-22/h3-10,18H,11-14H2,1-2H3,(H,27,32)/t18-,24-/m1/s1. The van der Waals surface area contributed by atoms with Crippen molar-refractivity contribution in [3.8, 4) is 0 Å². The van der Waals surface area contributed by atoms with E-state index in [1.807, 2.05) is 18.2 Å². The lowest BCUT2D eigenvalue weighted by molar-refractivity contribution is 0.0770. The number of fused-ring (bicyclic) bond motifs is 1. The molecule has 1 aromatic heterocycles. The highest BCUT2D eigenvalue weighted by molar-refractivity contribution is 5.94. The summed E-state index contributed by atoms with van der Waals surface area (Å²) >= 11 is 0. The van der Waals surface area contributed by atoms with Gasteiger partial charge in [0.25, 0.3) is 5.91 Å². The van der Waals surface area contributed by atoms with Crippen molar-refractivity contribution in [3.63, 3.8) is 0 Å². The van der Waals surface area contributed by atoms with Crippen molar-refractivity contribution in [2.75, 3.05) is 31.5 Å². The topological polar surface area (TPSA) is 91.6 Å². The second-order valence-electron chi connectivity index (χ2n) is 8.83. The predicted molar refractivity (Wildman–Crippen MR) is 118 cm³/mol. The molecule has 8 nitrogen and oxygen atoms in total. The van der Waals surface area contributed by atoms with Crippen LogP contribution in [0.2, 0.25) is 0 Å². The summed E-state index contributed by atoms with van der Waals surface area (Å²) < 4.78 is 19.5. The van der Waals surface area contributed by atoms with Gasteiger partial charge in [-0.1, -0.05) is 29.4 Å². The Labute approximate surface area is 190 Å². The molecular weight excluding hydrogens is 425 g/mol. The van der Waals surface area contributed by atoms with Crippen molar-refractivity contribution in [1.82, 2.24) is 19.9 Å². The number of likely N-dealkylation sites (tertiary alicyclic amines) is 2. The van der Waals surface area contributed by atoms with Crippen LogP contribution in [0.15, 0.2) is 53.1 Å². The summed E-state index contributed by atoms with van der Waals surface area (Å²) in [7, 11) is 0. The molecule has 3 amide bonds. The Hall–Kier alpha value is -3.75. The zero-order valence-corrected chi connectivity index (χ0v) is 18.4. The maximum atomic E-state index is 13.9. The number of nitrogens with one attached hydrogen (secondary N) is 1. The number of urea groups is 1. The third-order valence-electron chi connectivity index (χ3n) is 6.58. The molecule has 3 heterocycles. The van der Waals surface area contributed by atoms with Crippen LogP contribution in [0.25, 0.3) is 0 Å². The molecule has 2 aliphatic heterocycles. The maximum absolute atomic E-state index is 13.9. The molecule has 0 spiro atoms. The molecule has 0 aliphatic carbocycles. The minimum atomic E-state index is -0.651. The predicted octanol–water partition coefficient (Wildman–Crippen LogP) is 3.38. The van der Waals surface area contributed by atoms with Crippen molar-refractivity contribution in [2.45, 2.75) is 19.3 Å². The van der Waals surface area contributed by atoms with E-state index < -0.39 is 5.41 Å². The molecule has 3 aromatic rings. The van der Waals surface area contributed by atoms with Crippen LogP contribution >= 0.6 is 0 Å². The Morgan fingerprint density at radius 3 is 2.52 bits per heavy atom. The van der Waals surface area contributed by atoms with Gasteiger partial charge in [-0.2, -0.15) is 4.98 Å². The molecule has 0 unspecified atom stereocenters. The van der Waals surface area contributed by atoms with Crippen LogP contribution in [-0.4, -0.2) is 58.1 Å². The second kappa shape index (κ2) is 7.99. The molecule has 5 rings (SSSR count). The monoisotopic (exact) mass is 449 g/mol. The van der Waals surface area contributed by atoms with Crippen LogP contribution < -0.4 is 5.32 Å². The molecule has 2 atom stereocenters. The van der Waals surface area contributed by atoms with E-state index in [2.05, 4.69) is 15.5 Å². The first kappa shape index (κ1) is 21.1. The molecule has 2 aromatic carbocycles. The summed E-state index contributed by atoms with van der Waals surface area (Å²) in [5, 5.41) is 6.72. The largest absolute Gasteiger partial charge is 0.339 e. The van der Waals surface area contributed by atoms with Crippen molar-refractivity contribution in [3.05, 3.63) is 77.2 Å². The van der Waals surface area contributed by atoms with Gasteiger partial charge in [-0.15, -0.1) is 0 Å². The Bertz CT molecular complexity index is 1210. The first-order valence-corrected chi connectivity index (χ1v) is 10.8. The number of benzene rings is 2. The lowest BCUT2D eigenvalue weighted by Gasteiger charge is -2.26. The van der Waals surface area contributed by atoms with E-state index in [0.717, 1.165) is 0 Å². The smallest absolute Gasteiger partial charge is 0.321 e. The van der Waals surface area contributed by atoms with Crippen molar-refractivity contribution in [2.24, 2.45) is 5.92 Å². The number of amides is 3. The Kier molecular flexibility index (Phi) is 5.11. The minimum Gasteiger partial charge on any atom is -0.339 e. The summed E-state index contributed by atoms with van der Waals surface area (Å²) in [6.07, 6.45) is 0. The number of hydrogen-bond donors (Lipinski definition) is 1. The minimum absolute atomic E-state index is 0.0632. The summed E-state index contributed by atoms with van der Waals surface area (Å²) in [6.45, 7) is 4.99. The van der Waals surface area contributed by atoms with Gasteiger partial charge < -0.3 is 19.6 Å². The lowest BCUT2D eigenvalue weighted by atomic mass is 9.81. The Balaban J connectivity index is 1.38. The molecule has 170 valence electrons.